The maximum absolute atomic E-state index is 11.9. The summed E-state index contributed by atoms with van der Waals surface area (Å²) in [6, 6.07) is 2.25. The Balaban J connectivity index is 2.22. The van der Waals surface area contributed by atoms with E-state index in [0.29, 0.717) is 6.42 Å². The Labute approximate surface area is 89.7 Å². The van der Waals surface area contributed by atoms with Gasteiger partial charge in [-0.2, -0.15) is 5.26 Å². The van der Waals surface area contributed by atoms with E-state index in [2.05, 4.69) is 12.6 Å². The van der Waals surface area contributed by atoms with Crippen molar-refractivity contribution in [2.24, 2.45) is 17.3 Å². The van der Waals surface area contributed by atoms with Gasteiger partial charge in [-0.1, -0.05) is 12.2 Å². The molecule has 0 spiro atoms. The van der Waals surface area contributed by atoms with Crippen molar-refractivity contribution in [3.63, 3.8) is 0 Å². The second-order valence-corrected chi connectivity index (χ2v) is 4.65. The number of ether oxygens (including phenoxy) is 1. The zero-order chi connectivity index (χ0) is 11.1. The number of carbonyl (C=O) groups excluding carboxylic acids is 1. The van der Waals surface area contributed by atoms with Gasteiger partial charge in [0.1, 0.15) is 0 Å². The van der Waals surface area contributed by atoms with Crippen LogP contribution in [0.3, 0.4) is 0 Å². The minimum Gasteiger partial charge on any atom is -0.469 e. The molecule has 0 aromatic carbocycles. The Kier molecular flexibility index (Phi) is 2.30. The van der Waals surface area contributed by atoms with E-state index in [9.17, 15) is 4.79 Å². The maximum atomic E-state index is 11.9. The first-order valence-corrected chi connectivity index (χ1v) is 5.29. The zero-order valence-corrected chi connectivity index (χ0v) is 8.95. The minimum atomic E-state index is -0.424. The van der Waals surface area contributed by atoms with Crippen molar-refractivity contribution < 1.29 is 9.53 Å². The number of esters is 1. The summed E-state index contributed by atoms with van der Waals surface area (Å²) in [4.78, 5) is 11.9. The quantitative estimate of drug-likeness (QED) is 0.512. The minimum absolute atomic E-state index is 0.0509. The molecule has 0 amide bonds. The Hall–Kier alpha value is -1.30. The van der Waals surface area contributed by atoms with Crippen LogP contribution in [-0.4, -0.2) is 13.1 Å². The summed E-state index contributed by atoms with van der Waals surface area (Å²) >= 11 is 0. The fourth-order valence-electron chi connectivity index (χ4n) is 2.82. The van der Waals surface area contributed by atoms with Crippen molar-refractivity contribution in [3.05, 3.63) is 12.2 Å². The molecular weight excluding hydrogens is 190 g/mol. The first-order valence-electron chi connectivity index (χ1n) is 5.29. The summed E-state index contributed by atoms with van der Waals surface area (Å²) in [6.45, 7) is 3.94. The van der Waals surface area contributed by atoms with Crippen LogP contribution in [0.5, 0.6) is 0 Å². The van der Waals surface area contributed by atoms with Crippen LogP contribution < -0.4 is 0 Å². The number of hydrogen-bond acceptors (Lipinski definition) is 3. The van der Waals surface area contributed by atoms with E-state index in [1.165, 1.54) is 7.11 Å². The Bertz CT molecular complexity index is 355. The van der Waals surface area contributed by atoms with E-state index in [-0.39, 0.29) is 17.8 Å². The van der Waals surface area contributed by atoms with Crippen molar-refractivity contribution in [3.8, 4) is 6.07 Å². The summed E-state index contributed by atoms with van der Waals surface area (Å²) in [5, 5.41) is 8.85. The van der Waals surface area contributed by atoms with Gasteiger partial charge in [-0.25, -0.2) is 0 Å². The standard InChI is InChI=1S/C12H15NO2/c1-8-3-4-12(6-8,11(14)15-2)10-5-9(10)7-13/h9-10H,1,3-6H2,2H3. The zero-order valence-electron chi connectivity index (χ0n) is 8.95. The average molecular weight is 205 g/mol. The van der Waals surface area contributed by atoms with Gasteiger partial charge in [0, 0.05) is 0 Å². The van der Waals surface area contributed by atoms with E-state index in [1.54, 1.807) is 0 Å². The topological polar surface area (TPSA) is 50.1 Å². The molecule has 0 radical (unpaired) electrons. The number of nitrogens with zero attached hydrogens (tertiary/aromatic N) is 1. The molecule has 0 aromatic rings. The van der Waals surface area contributed by atoms with Crippen molar-refractivity contribution >= 4 is 5.97 Å². The van der Waals surface area contributed by atoms with Crippen LogP contribution >= 0.6 is 0 Å². The summed E-state index contributed by atoms with van der Waals surface area (Å²) in [7, 11) is 1.43. The monoisotopic (exact) mass is 205 g/mol. The molecule has 2 aliphatic rings. The molecule has 0 aliphatic heterocycles. The Morgan fingerprint density at radius 2 is 2.47 bits per heavy atom. The summed E-state index contributed by atoms with van der Waals surface area (Å²) < 4.78 is 4.89. The lowest BCUT2D eigenvalue weighted by Gasteiger charge is -2.25. The molecule has 3 nitrogen and oxygen atoms in total. The number of carbonyl (C=O) groups is 1. The molecule has 2 saturated carbocycles. The molecule has 0 N–H and O–H groups in total. The number of allylic oxidation sites excluding steroid dienone is 1. The smallest absolute Gasteiger partial charge is 0.312 e. The van der Waals surface area contributed by atoms with Gasteiger partial charge < -0.3 is 4.74 Å². The van der Waals surface area contributed by atoms with E-state index in [0.717, 1.165) is 24.8 Å². The Morgan fingerprint density at radius 3 is 2.87 bits per heavy atom. The van der Waals surface area contributed by atoms with E-state index >= 15 is 0 Å². The highest BCUT2D eigenvalue weighted by atomic mass is 16.5. The van der Waals surface area contributed by atoms with E-state index in [4.69, 9.17) is 10.00 Å². The predicted molar refractivity (Wildman–Crippen MR) is 54.7 cm³/mol. The van der Waals surface area contributed by atoms with Gasteiger partial charge in [0.2, 0.25) is 0 Å². The highest BCUT2D eigenvalue weighted by molar-refractivity contribution is 5.79. The Morgan fingerprint density at radius 1 is 1.73 bits per heavy atom. The van der Waals surface area contributed by atoms with Gasteiger partial charge in [-0.15, -0.1) is 0 Å². The predicted octanol–water partition coefficient (Wildman–Crippen LogP) is 2.05. The van der Waals surface area contributed by atoms with E-state index < -0.39 is 5.41 Å². The van der Waals surface area contributed by atoms with Crippen LogP contribution in [0.1, 0.15) is 25.7 Å². The highest BCUT2D eigenvalue weighted by Gasteiger charge is 2.59. The van der Waals surface area contributed by atoms with Crippen molar-refractivity contribution in [1.29, 1.82) is 5.26 Å². The molecule has 2 fully saturated rings. The summed E-state index contributed by atoms with van der Waals surface area (Å²) in [5.74, 6) is 0.105. The third kappa shape index (κ3) is 1.45. The van der Waals surface area contributed by atoms with Crippen LogP contribution in [0, 0.1) is 28.6 Å². The fraction of sp³-hybridized carbons (Fsp3) is 0.667. The number of methoxy groups -OCH3 is 1. The number of hydrogen-bond donors (Lipinski definition) is 0. The third-order valence-corrected chi connectivity index (χ3v) is 3.75. The second kappa shape index (κ2) is 3.37. The SMILES string of the molecule is C=C1CCC(C(=O)OC)(C2CC2C#N)C1. The molecule has 2 rings (SSSR count). The normalized spacial score (nSPS) is 38.5. The van der Waals surface area contributed by atoms with Gasteiger partial charge in [0.15, 0.2) is 0 Å². The van der Waals surface area contributed by atoms with Crippen LogP contribution in [0.15, 0.2) is 12.2 Å². The van der Waals surface area contributed by atoms with Gasteiger partial charge in [0.05, 0.1) is 24.5 Å². The van der Waals surface area contributed by atoms with Gasteiger partial charge >= 0.3 is 5.97 Å². The lowest BCUT2D eigenvalue weighted by atomic mass is 9.79. The molecule has 0 bridgehead atoms. The molecule has 80 valence electrons. The average Bonchev–Trinajstić information content (AvgIpc) is 2.94. The first kappa shape index (κ1) is 10.2. The third-order valence-electron chi connectivity index (χ3n) is 3.75. The molecular formula is C12H15NO2. The first-order chi connectivity index (χ1) is 7.14. The van der Waals surface area contributed by atoms with Crippen molar-refractivity contribution in [2.45, 2.75) is 25.7 Å². The lowest BCUT2D eigenvalue weighted by Crippen LogP contribution is -2.32. The summed E-state index contributed by atoms with van der Waals surface area (Å²) in [6.07, 6.45) is 3.26. The molecule has 3 heteroatoms. The van der Waals surface area contributed by atoms with Gasteiger partial charge in [0.25, 0.3) is 0 Å². The molecule has 0 saturated heterocycles. The van der Waals surface area contributed by atoms with Crippen LogP contribution in [-0.2, 0) is 9.53 Å². The molecule has 15 heavy (non-hydrogen) atoms. The van der Waals surface area contributed by atoms with Crippen LogP contribution in [0.2, 0.25) is 0 Å². The van der Waals surface area contributed by atoms with Crippen molar-refractivity contribution in [1.82, 2.24) is 0 Å². The molecule has 2 aliphatic carbocycles. The molecule has 0 aromatic heterocycles. The molecule has 3 atom stereocenters. The molecule has 0 heterocycles. The molecule has 3 unspecified atom stereocenters. The number of rotatable bonds is 2. The summed E-state index contributed by atoms with van der Waals surface area (Å²) in [5.41, 5.74) is 0.690. The highest BCUT2D eigenvalue weighted by Crippen LogP contribution is 2.59. The van der Waals surface area contributed by atoms with Gasteiger partial charge in [-0.05, 0) is 31.6 Å². The van der Waals surface area contributed by atoms with Crippen LogP contribution in [0.4, 0.5) is 0 Å². The maximum Gasteiger partial charge on any atom is 0.312 e. The van der Waals surface area contributed by atoms with Crippen LogP contribution in [0.25, 0.3) is 0 Å². The number of nitriles is 1. The van der Waals surface area contributed by atoms with Crippen molar-refractivity contribution in [2.75, 3.05) is 7.11 Å². The van der Waals surface area contributed by atoms with Gasteiger partial charge in [-0.3, -0.25) is 4.79 Å². The second-order valence-electron chi connectivity index (χ2n) is 4.65. The fourth-order valence-corrected chi connectivity index (χ4v) is 2.82. The largest absolute Gasteiger partial charge is 0.469 e. The lowest BCUT2D eigenvalue weighted by molar-refractivity contribution is -0.153. The van der Waals surface area contributed by atoms with E-state index in [1.807, 2.05) is 0 Å².